The first-order valence-electron chi connectivity index (χ1n) is 7.67. The molecule has 1 amide bonds. The molecule has 2 heterocycles. The maximum Gasteiger partial charge on any atom is 0.276 e. The van der Waals surface area contributed by atoms with Crippen LogP contribution < -0.4 is 4.90 Å². The number of amides is 1. The quantitative estimate of drug-likeness (QED) is 0.658. The van der Waals surface area contributed by atoms with E-state index in [1.54, 1.807) is 40.1 Å². The lowest BCUT2D eigenvalue weighted by molar-refractivity contribution is 0.0976. The van der Waals surface area contributed by atoms with Gasteiger partial charge in [0, 0.05) is 17.6 Å². The van der Waals surface area contributed by atoms with Crippen LogP contribution in [0.15, 0.2) is 35.7 Å². The average molecular weight is 378 g/mol. The van der Waals surface area contributed by atoms with Crippen LogP contribution in [0.25, 0.3) is 0 Å². The zero-order valence-electron chi connectivity index (χ0n) is 14.1. The lowest BCUT2D eigenvalue weighted by atomic mass is 10.2. The molecule has 0 saturated heterocycles. The number of hydrogen-bond acceptors (Lipinski definition) is 3. The summed E-state index contributed by atoms with van der Waals surface area (Å²) in [5.74, 6) is -0.722. The third-order valence-electron chi connectivity index (χ3n) is 3.95. The topological polar surface area (TPSA) is 38.1 Å². The summed E-state index contributed by atoms with van der Waals surface area (Å²) in [5, 5.41) is 6.21. The van der Waals surface area contributed by atoms with E-state index in [0.29, 0.717) is 17.9 Å². The van der Waals surface area contributed by atoms with Crippen LogP contribution in [-0.2, 0) is 13.6 Å². The van der Waals surface area contributed by atoms with Crippen molar-refractivity contribution >= 4 is 34.5 Å². The number of halogens is 2. The molecule has 7 heteroatoms. The van der Waals surface area contributed by atoms with Gasteiger partial charge in [-0.15, -0.1) is 11.3 Å². The largest absolute Gasteiger partial charge is 0.302 e. The number of nitrogens with zero attached hydrogens (tertiary/aromatic N) is 3. The molecule has 130 valence electrons. The predicted molar refractivity (Wildman–Crippen MR) is 98.9 cm³/mol. The number of anilines is 1. The lowest BCUT2D eigenvalue weighted by Crippen LogP contribution is -2.32. The molecule has 0 aliphatic heterocycles. The first kappa shape index (κ1) is 17.6. The normalized spacial score (nSPS) is 10.9. The summed E-state index contributed by atoms with van der Waals surface area (Å²) < 4.78 is 15.1. The molecular weight excluding hydrogens is 361 g/mol. The van der Waals surface area contributed by atoms with Crippen molar-refractivity contribution in [3.63, 3.8) is 0 Å². The summed E-state index contributed by atoms with van der Waals surface area (Å²) in [5.41, 5.74) is 2.88. The Morgan fingerprint density at radius 3 is 2.64 bits per heavy atom. The summed E-state index contributed by atoms with van der Waals surface area (Å²) in [6.45, 7) is 4.22. The highest BCUT2D eigenvalue weighted by Gasteiger charge is 2.23. The van der Waals surface area contributed by atoms with E-state index in [0.717, 1.165) is 16.1 Å². The second kappa shape index (κ2) is 6.98. The Morgan fingerprint density at radius 1 is 1.32 bits per heavy atom. The Morgan fingerprint density at radius 2 is 2.08 bits per heavy atom. The molecule has 0 fully saturated rings. The van der Waals surface area contributed by atoms with E-state index in [1.807, 2.05) is 25.3 Å². The lowest BCUT2D eigenvalue weighted by Gasteiger charge is -2.23. The molecule has 0 aliphatic rings. The number of carbonyl (C=O) groups excluding carboxylic acids is 1. The minimum absolute atomic E-state index is 0.0145. The van der Waals surface area contributed by atoms with Crippen LogP contribution in [0.4, 0.5) is 10.1 Å². The van der Waals surface area contributed by atoms with Gasteiger partial charge in [-0.1, -0.05) is 11.6 Å². The van der Waals surface area contributed by atoms with Gasteiger partial charge < -0.3 is 4.90 Å². The Labute approximate surface area is 154 Å². The molecule has 25 heavy (non-hydrogen) atoms. The summed E-state index contributed by atoms with van der Waals surface area (Å²) >= 11 is 7.51. The summed E-state index contributed by atoms with van der Waals surface area (Å²) in [6.07, 6.45) is 0. The highest BCUT2D eigenvalue weighted by atomic mass is 35.5. The first-order valence-corrected chi connectivity index (χ1v) is 8.93. The van der Waals surface area contributed by atoms with Crippen molar-refractivity contribution in [3.8, 4) is 0 Å². The van der Waals surface area contributed by atoms with Crippen LogP contribution in [0.2, 0.25) is 5.02 Å². The van der Waals surface area contributed by atoms with Crippen molar-refractivity contribution < 1.29 is 9.18 Å². The first-order chi connectivity index (χ1) is 11.9. The number of rotatable bonds is 4. The molecule has 0 radical (unpaired) electrons. The molecule has 3 rings (SSSR count). The van der Waals surface area contributed by atoms with Gasteiger partial charge in [0.05, 0.1) is 17.3 Å². The molecular formula is C18H17ClFN3OS. The van der Waals surface area contributed by atoms with Gasteiger partial charge in [0.2, 0.25) is 0 Å². The fourth-order valence-corrected chi connectivity index (χ4v) is 3.66. The van der Waals surface area contributed by atoms with Gasteiger partial charge in [-0.2, -0.15) is 5.10 Å². The third kappa shape index (κ3) is 3.60. The third-order valence-corrected chi connectivity index (χ3v) is 5.25. The van der Waals surface area contributed by atoms with Gasteiger partial charge in [0.1, 0.15) is 11.5 Å². The number of hydrogen-bond donors (Lipinski definition) is 0. The Kier molecular flexibility index (Phi) is 4.92. The molecule has 4 nitrogen and oxygen atoms in total. The van der Waals surface area contributed by atoms with E-state index in [-0.39, 0.29) is 10.9 Å². The predicted octanol–water partition coefficient (Wildman–Crippen LogP) is 4.74. The zero-order valence-corrected chi connectivity index (χ0v) is 15.7. The smallest absolute Gasteiger partial charge is 0.276 e. The maximum absolute atomic E-state index is 13.5. The Hall–Kier alpha value is -2.18. The SMILES string of the molecule is Cc1cc(C(=O)N(Cc2sccc2C)c2ccc(F)c(Cl)c2)n(C)n1. The Bertz CT molecular complexity index is 934. The van der Waals surface area contributed by atoms with Crippen LogP contribution in [0.1, 0.15) is 26.6 Å². The molecule has 0 aliphatic carbocycles. The van der Waals surface area contributed by atoms with E-state index in [9.17, 15) is 9.18 Å². The molecule has 0 bridgehead atoms. The highest BCUT2D eigenvalue weighted by Crippen LogP contribution is 2.28. The van der Waals surface area contributed by atoms with E-state index in [2.05, 4.69) is 5.10 Å². The van der Waals surface area contributed by atoms with Crippen LogP contribution in [0, 0.1) is 19.7 Å². The molecule has 2 aromatic heterocycles. The van der Waals surface area contributed by atoms with Crippen LogP contribution in [0.3, 0.4) is 0 Å². The number of benzene rings is 1. The second-order valence-corrected chi connectivity index (χ2v) is 7.22. The van der Waals surface area contributed by atoms with Crippen molar-refractivity contribution in [2.75, 3.05) is 4.90 Å². The van der Waals surface area contributed by atoms with Gasteiger partial charge in [-0.05, 0) is 55.1 Å². The highest BCUT2D eigenvalue weighted by molar-refractivity contribution is 7.10. The molecule has 1 aromatic carbocycles. The second-order valence-electron chi connectivity index (χ2n) is 5.81. The molecule has 3 aromatic rings. The number of carbonyl (C=O) groups is 1. The van der Waals surface area contributed by atoms with Crippen LogP contribution in [-0.4, -0.2) is 15.7 Å². The van der Waals surface area contributed by atoms with Crippen molar-refractivity contribution in [3.05, 3.63) is 68.4 Å². The average Bonchev–Trinajstić information content (AvgIpc) is 3.12. The summed E-state index contributed by atoms with van der Waals surface area (Å²) in [4.78, 5) is 15.8. The van der Waals surface area contributed by atoms with Crippen molar-refractivity contribution in [1.29, 1.82) is 0 Å². The monoisotopic (exact) mass is 377 g/mol. The minimum atomic E-state index is -0.513. The van der Waals surface area contributed by atoms with Gasteiger partial charge in [-0.3, -0.25) is 9.48 Å². The van der Waals surface area contributed by atoms with E-state index in [1.165, 1.54) is 12.1 Å². The van der Waals surface area contributed by atoms with Crippen LogP contribution in [0.5, 0.6) is 0 Å². The number of aromatic nitrogens is 2. The van der Waals surface area contributed by atoms with Gasteiger partial charge in [0.25, 0.3) is 5.91 Å². The van der Waals surface area contributed by atoms with Crippen molar-refractivity contribution in [2.24, 2.45) is 7.05 Å². The molecule has 0 unspecified atom stereocenters. The number of thiophene rings is 1. The Balaban J connectivity index is 2.04. The fourth-order valence-electron chi connectivity index (χ4n) is 2.59. The fraction of sp³-hybridized carbons (Fsp3) is 0.222. The van der Waals surface area contributed by atoms with Crippen LogP contribution >= 0.6 is 22.9 Å². The minimum Gasteiger partial charge on any atom is -0.302 e. The summed E-state index contributed by atoms with van der Waals surface area (Å²) in [7, 11) is 1.73. The van der Waals surface area contributed by atoms with E-state index < -0.39 is 5.82 Å². The molecule has 0 spiro atoms. The zero-order chi connectivity index (χ0) is 18.1. The summed E-state index contributed by atoms with van der Waals surface area (Å²) in [6, 6.07) is 8.05. The van der Waals surface area contributed by atoms with Crippen molar-refractivity contribution in [1.82, 2.24) is 9.78 Å². The number of aryl methyl sites for hydroxylation is 3. The standard InChI is InChI=1S/C18H17ClFN3OS/c1-11-6-7-25-17(11)10-23(13-4-5-15(20)14(19)9-13)18(24)16-8-12(2)21-22(16)3/h4-9H,10H2,1-3H3. The van der Waals surface area contributed by atoms with E-state index >= 15 is 0 Å². The van der Waals surface area contributed by atoms with Crippen molar-refractivity contribution in [2.45, 2.75) is 20.4 Å². The van der Waals surface area contributed by atoms with Gasteiger partial charge >= 0.3 is 0 Å². The molecule has 0 saturated carbocycles. The van der Waals surface area contributed by atoms with Gasteiger partial charge in [0.15, 0.2) is 0 Å². The maximum atomic E-state index is 13.5. The van der Waals surface area contributed by atoms with E-state index in [4.69, 9.17) is 11.6 Å². The molecule has 0 atom stereocenters. The molecule has 0 N–H and O–H groups in total. The van der Waals surface area contributed by atoms with Gasteiger partial charge in [-0.25, -0.2) is 4.39 Å².